The molecule has 0 spiro atoms. The first-order chi connectivity index (χ1) is 8.63. The SMILES string of the molecule is CNC(c1cncc(F)c1)c1cccc(Cl)c1Cl. The monoisotopic (exact) mass is 284 g/mol. The molecule has 0 bridgehead atoms. The molecule has 5 heteroatoms. The molecule has 0 fully saturated rings. The maximum Gasteiger partial charge on any atom is 0.141 e. The second-order valence-electron chi connectivity index (χ2n) is 3.80. The standard InChI is InChI=1S/C13H11Cl2FN2/c1-17-13(8-5-9(16)7-18-6-8)10-3-2-4-11(14)12(10)15/h2-7,13,17H,1H3. The van der Waals surface area contributed by atoms with Gasteiger partial charge in [-0.15, -0.1) is 0 Å². The number of benzene rings is 1. The predicted molar refractivity (Wildman–Crippen MR) is 71.6 cm³/mol. The molecule has 0 aliphatic rings. The zero-order valence-electron chi connectivity index (χ0n) is 9.62. The van der Waals surface area contributed by atoms with Crippen LogP contribution in [0.4, 0.5) is 4.39 Å². The van der Waals surface area contributed by atoms with Crippen LogP contribution in [0.2, 0.25) is 10.0 Å². The van der Waals surface area contributed by atoms with Gasteiger partial charge in [0.15, 0.2) is 0 Å². The highest BCUT2D eigenvalue weighted by molar-refractivity contribution is 6.42. The Labute approximate surface area is 115 Å². The van der Waals surface area contributed by atoms with Gasteiger partial charge in [0.25, 0.3) is 0 Å². The normalized spacial score (nSPS) is 12.4. The molecule has 0 aliphatic heterocycles. The smallest absolute Gasteiger partial charge is 0.141 e. The maximum absolute atomic E-state index is 13.2. The molecule has 1 N–H and O–H groups in total. The van der Waals surface area contributed by atoms with E-state index in [1.54, 1.807) is 25.4 Å². The van der Waals surface area contributed by atoms with Crippen LogP contribution in [0.25, 0.3) is 0 Å². The van der Waals surface area contributed by atoms with Crippen molar-refractivity contribution in [3.63, 3.8) is 0 Å². The fourth-order valence-electron chi connectivity index (χ4n) is 1.83. The quantitative estimate of drug-likeness (QED) is 0.926. The number of rotatable bonds is 3. The highest BCUT2D eigenvalue weighted by Gasteiger charge is 2.17. The molecule has 0 saturated carbocycles. The van der Waals surface area contributed by atoms with E-state index in [-0.39, 0.29) is 11.9 Å². The summed E-state index contributed by atoms with van der Waals surface area (Å²) in [6, 6.07) is 6.54. The number of nitrogens with zero attached hydrogens (tertiary/aromatic N) is 1. The van der Waals surface area contributed by atoms with Crippen molar-refractivity contribution in [2.24, 2.45) is 0 Å². The molecular formula is C13H11Cl2FN2. The second kappa shape index (κ2) is 5.65. The van der Waals surface area contributed by atoms with Crippen LogP contribution in [-0.4, -0.2) is 12.0 Å². The molecule has 2 nitrogen and oxygen atoms in total. The van der Waals surface area contributed by atoms with Crippen molar-refractivity contribution in [3.05, 3.63) is 63.6 Å². The van der Waals surface area contributed by atoms with E-state index in [0.717, 1.165) is 11.8 Å². The summed E-state index contributed by atoms with van der Waals surface area (Å²) >= 11 is 12.2. The van der Waals surface area contributed by atoms with Gasteiger partial charge in [0.05, 0.1) is 22.3 Å². The van der Waals surface area contributed by atoms with Gasteiger partial charge < -0.3 is 5.32 Å². The van der Waals surface area contributed by atoms with Crippen LogP contribution in [-0.2, 0) is 0 Å². The minimum atomic E-state index is -0.383. The molecular weight excluding hydrogens is 274 g/mol. The maximum atomic E-state index is 13.2. The molecule has 18 heavy (non-hydrogen) atoms. The number of halogens is 3. The molecule has 0 amide bonds. The van der Waals surface area contributed by atoms with Crippen molar-refractivity contribution in [1.82, 2.24) is 10.3 Å². The first-order valence-electron chi connectivity index (χ1n) is 5.35. The van der Waals surface area contributed by atoms with E-state index in [1.807, 2.05) is 6.07 Å². The molecule has 94 valence electrons. The fourth-order valence-corrected chi connectivity index (χ4v) is 2.25. The predicted octanol–water partition coefficient (Wildman–Crippen LogP) is 3.84. The Bertz CT molecular complexity index is 560. The Balaban J connectivity index is 2.49. The number of pyridine rings is 1. The van der Waals surface area contributed by atoms with Crippen LogP contribution < -0.4 is 5.32 Å². The zero-order chi connectivity index (χ0) is 13.1. The Morgan fingerprint density at radius 2 is 2.06 bits per heavy atom. The van der Waals surface area contributed by atoms with Crippen LogP contribution in [0.5, 0.6) is 0 Å². The summed E-state index contributed by atoms with van der Waals surface area (Å²) in [5.41, 5.74) is 1.49. The van der Waals surface area contributed by atoms with Crippen LogP contribution >= 0.6 is 23.2 Å². The van der Waals surface area contributed by atoms with Crippen LogP contribution in [0.1, 0.15) is 17.2 Å². The van der Waals surface area contributed by atoms with E-state index in [1.165, 1.54) is 6.07 Å². The third-order valence-electron chi connectivity index (χ3n) is 2.64. The molecule has 1 aromatic carbocycles. The molecule has 1 aromatic heterocycles. The van der Waals surface area contributed by atoms with E-state index in [2.05, 4.69) is 10.3 Å². The summed E-state index contributed by atoms with van der Waals surface area (Å²) in [5, 5.41) is 4.01. The van der Waals surface area contributed by atoms with Crippen LogP contribution in [0.15, 0.2) is 36.7 Å². The summed E-state index contributed by atoms with van der Waals surface area (Å²) in [4.78, 5) is 3.84. The molecule has 2 rings (SSSR count). The first-order valence-corrected chi connectivity index (χ1v) is 6.10. The van der Waals surface area contributed by atoms with Gasteiger partial charge in [0.1, 0.15) is 5.82 Å². The molecule has 0 saturated heterocycles. The van der Waals surface area contributed by atoms with E-state index in [0.29, 0.717) is 15.6 Å². The topological polar surface area (TPSA) is 24.9 Å². The van der Waals surface area contributed by atoms with Crippen LogP contribution in [0, 0.1) is 5.82 Å². The number of nitrogens with one attached hydrogen (secondary N) is 1. The number of aromatic nitrogens is 1. The molecule has 0 radical (unpaired) electrons. The van der Waals surface area contributed by atoms with Gasteiger partial charge in [-0.05, 0) is 30.3 Å². The average Bonchev–Trinajstić information content (AvgIpc) is 2.35. The fraction of sp³-hybridized carbons (Fsp3) is 0.154. The van der Waals surface area contributed by atoms with Crippen molar-refractivity contribution in [2.75, 3.05) is 7.05 Å². The van der Waals surface area contributed by atoms with Gasteiger partial charge in [0, 0.05) is 6.20 Å². The van der Waals surface area contributed by atoms with Gasteiger partial charge in [-0.2, -0.15) is 0 Å². The Hall–Kier alpha value is -1.16. The van der Waals surface area contributed by atoms with Crippen molar-refractivity contribution < 1.29 is 4.39 Å². The molecule has 1 heterocycles. The summed E-state index contributed by atoms with van der Waals surface area (Å²) < 4.78 is 13.2. The third kappa shape index (κ3) is 2.64. The minimum Gasteiger partial charge on any atom is -0.309 e. The Morgan fingerprint density at radius 1 is 1.28 bits per heavy atom. The van der Waals surface area contributed by atoms with Crippen molar-refractivity contribution in [1.29, 1.82) is 0 Å². The summed E-state index contributed by atoms with van der Waals surface area (Å²) in [5.74, 6) is -0.383. The highest BCUT2D eigenvalue weighted by atomic mass is 35.5. The molecule has 1 unspecified atom stereocenters. The van der Waals surface area contributed by atoms with Gasteiger partial charge >= 0.3 is 0 Å². The Morgan fingerprint density at radius 3 is 2.72 bits per heavy atom. The first kappa shape index (κ1) is 13.3. The lowest BCUT2D eigenvalue weighted by Gasteiger charge is -2.18. The number of hydrogen-bond acceptors (Lipinski definition) is 2. The lowest BCUT2D eigenvalue weighted by molar-refractivity contribution is 0.609. The van der Waals surface area contributed by atoms with E-state index < -0.39 is 0 Å². The van der Waals surface area contributed by atoms with Crippen molar-refractivity contribution in [2.45, 2.75) is 6.04 Å². The molecule has 2 aromatic rings. The van der Waals surface area contributed by atoms with Gasteiger partial charge in [0.2, 0.25) is 0 Å². The largest absolute Gasteiger partial charge is 0.309 e. The highest BCUT2D eigenvalue weighted by Crippen LogP contribution is 2.32. The zero-order valence-corrected chi connectivity index (χ0v) is 11.1. The summed E-state index contributed by atoms with van der Waals surface area (Å²) in [6.45, 7) is 0. The second-order valence-corrected chi connectivity index (χ2v) is 4.59. The van der Waals surface area contributed by atoms with Gasteiger partial charge in [-0.3, -0.25) is 4.98 Å². The van der Waals surface area contributed by atoms with E-state index >= 15 is 0 Å². The average molecular weight is 285 g/mol. The van der Waals surface area contributed by atoms with Gasteiger partial charge in [-0.25, -0.2) is 4.39 Å². The molecule has 1 atom stereocenters. The Kier molecular flexibility index (Phi) is 4.17. The minimum absolute atomic E-state index is 0.251. The van der Waals surface area contributed by atoms with E-state index in [4.69, 9.17) is 23.2 Å². The summed E-state index contributed by atoms with van der Waals surface area (Å²) in [6.07, 6.45) is 2.76. The van der Waals surface area contributed by atoms with Gasteiger partial charge in [-0.1, -0.05) is 35.3 Å². The molecule has 0 aliphatic carbocycles. The third-order valence-corrected chi connectivity index (χ3v) is 3.47. The van der Waals surface area contributed by atoms with Crippen molar-refractivity contribution >= 4 is 23.2 Å². The summed E-state index contributed by atoms with van der Waals surface area (Å²) in [7, 11) is 1.77. The van der Waals surface area contributed by atoms with Crippen molar-refractivity contribution in [3.8, 4) is 0 Å². The lowest BCUT2D eigenvalue weighted by atomic mass is 10.0. The van der Waals surface area contributed by atoms with Crippen LogP contribution in [0.3, 0.4) is 0 Å². The number of hydrogen-bond donors (Lipinski definition) is 1. The lowest BCUT2D eigenvalue weighted by Crippen LogP contribution is -2.18. The van der Waals surface area contributed by atoms with E-state index in [9.17, 15) is 4.39 Å².